The van der Waals surface area contributed by atoms with E-state index < -0.39 is 5.60 Å². The average Bonchev–Trinajstić information content (AvgIpc) is 2.99. The van der Waals surface area contributed by atoms with Gasteiger partial charge in [-0.05, 0) is 118 Å². The van der Waals surface area contributed by atoms with E-state index in [1.807, 2.05) is 13.8 Å². The maximum Gasteiger partial charge on any atom is 0.0591 e. The molecule has 0 aromatic heterocycles. The highest BCUT2D eigenvalue weighted by atomic mass is 16.3. The topological polar surface area (TPSA) is 60.7 Å². The zero-order valence-corrected chi connectivity index (χ0v) is 20.2. The van der Waals surface area contributed by atoms with E-state index in [-0.39, 0.29) is 12.2 Å². The van der Waals surface area contributed by atoms with E-state index in [1.54, 1.807) is 0 Å². The van der Waals surface area contributed by atoms with Crippen LogP contribution in [0.3, 0.4) is 0 Å². The highest BCUT2D eigenvalue weighted by Gasteiger charge is 2.62. The van der Waals surface area contributed by atoms with Gasteiger partial charge in [0.1, 0.15) is 0 Å². The Balaban J connectivity index is 1.49. The quantitative estimate of drug-likeness (QED) is 0.546. The number of hydrogen-bond donors (Lipinski definition) is 3. The molecule has 0 bridgehead atoms. The van der Waals surface area contributed by atoms with Crippen molar-refractivity contribution < 1.29 is 15.3 Å². The zero-order chi connectivity index (χ0) is 21.9. The summed E-state index contributed by atoms with van der Waals surface area (Å²) in [5, 5.41) is 31.7. The summed E-state index contributed by atoms with van der Waals surface area (Å²) in [5.74, 6) is 3.73. The van der Waals surface area contributed by atoms with Crippen molar-refractivity contribution >= 4 is 0 Å². The van der Waals surface area contributed by atoms with Crippen molar-refractivity contribution in [3.05, 3.63) is 0 Å². The first kappa shape index (κ1) is 23.1. The second kappa shape index (κ2) is 8.03. The molecule has 0 saturated heterocycles. The smallest absolute Gasteiger partial charge is 0.0591 e. The van der Waals surface area contributed by atoms with Crippen molar-refractivity contribution in [2.45, 2.75) is 123 Å². The Kier molecular flexibility index (Phi) is 6.17. The molecule has 10 atom stereocenters. The van der Waals surface area contributed by atoms with Gasteiger partial charge < -0.3 is 15.3 Å². The van der Waals surface area contributed by atoms with Crippen LogP contribution in [0.25, 0.3) is 0 Å². The maximum absolute atomic E-state index is 11.4. The van der Waals surface area contributed by atoms with Crippen molar-refractivity contribution in [2.75, 3.05) is 0 Å². The molecule has 4 fully saturated rings. The van der Waals surface area contributed by atoms with Crippen LogP contribution in [0.1, 0.15) is 105 Å². The molecule has 4 rings (SSSR count). The fraction of sp³-hybridized carbons (Fsp3) is 1.00. The Morgan fingerprint density at radius 1 is 0.933 bits per heavy atom. The molecule has 0 spiro atoms. The Morgan fingerprint density at radius 3 is 2.30 bits per heavy atom. The Hall–Kier alpha value is -0.120. The lowest BCUT2D eigenvalue weighted by Crippen LogP contribution is -2.58. The summed E-state index contributed by atoms with van der Waals surface area (Å²) < 4.78 is 0. The fourth-order valence-corrected chi connectivity index (χ4v) is 9.23. The van der Waals surface area contributed by atoms with Gasteiger partial charge in [0, 0.05) is 0 Å². The van der Waals surface area contributed by atoms with Crippen LogP contribution >= 0.6 is 0 Å². The van der Waals surface area contributed by atoms with E-state index in [9.17, 15) is 15.3 Å². The van der Waals surface area contributed by atoms with Crippen LogP contribution in [0, 0.1) is 46.3 Å². The third kappa shape index (κ3) is 3.90. The molecule has 0 radical (unpaired) electrons. The molecule has 174 valence electrons. The van der Waals surface area contributed by atoms with Crippen LogP contribution in [0.5, 0.6) is 0 Å². The summed E-state index contributed by atoms with van der Waals surface area (Å²) in [6.07, 6.45) is 12.0. The first-order chi connectivity index (χ1) is 14.0. The molecule has 3 heteroatoms. The fourth-order valence-electron chi connectivity index (χ4n) is 9.23. The SMILES string of the molecule is C[C@H](CCCC(C)(C)O)[C@H]1CC[C@H]2[C@@H]3C(O)CC4CC(O)CC[C@]4(C)[C@H]3CC[C@]12C. The van der Waals surface area contributed by atoms with Gasteiger partial charge in [-0.3, -0.25) is 0 Å². The summed E-state index contributed by atoms with van der Waals surface area (Å²) in [5.41, 5.74) is 0.139. The third-order valence-corrected chi connectivity index (χ3v) is 10.9. The predicted octanol–water partition coefficient (Wildman–Crippen LogP) is 5.55. The van der Waals surface area contributed by atoms with E-state index in [2.05, 4.69) is 20.8 Å². The molecule has 0 heterocycles. The Labute approximate surface area is 185 Å². The highest BCUT2D eigenvalue weighted by Crippen LogP contribution is 2.68. The van der Waals surface area contributed by atoms with Crippen molar-refractivity contribution in [3.8, 4) is 0 Å². The van der Waals surface area contributed by atoms with E-state index >= 15 is 0 Å². The van der Waals surface area contributed by atoms with Gasteiger partial charge in [-0.2, -0.15) is 0 Å². The summed E-state index contributed by atoms with van der Waals surface area (Å²) in [7, 11) is 0. The lowest BCUT2D eigenvalue weighted by Gasteiger charge is -2.62. The minimum absolute atomic E-state index is 0.152. The molecule has 0 aliphatic heterocycles. The minimum atomic E-state index is -0.550. The first-order valence-electron chi connectivity index (χ1n) is 13.0. The number of aliphatic hydroxyl groups excluding tert-OH is 2. The third-order valence-electron chi connectivity index (χ3n) is 10.9. The van der Waals surface area contributed by atoms with Crippen LogP contribution < -0.4 is 0 Å². The molecule has 4 saturated carbocycles. The van der Waals surface area contributed by atoms with Gasteiger partial charge in [0.25, 0.3) is 0 Å². The molecular formula is C27H48O3. The second-order valence-electron chi connectivity index (χ2n) is 13.1. The highest BCUT2D eigenvalue weighted by molar-refractivity contribution is 5.11. The minimum Gasteiger partial charge on any atom is -0.393 e. The second-order valence-corrected chi connectivity index (χ2v) is 13.1. The largest absolute Gasteiger partial charge is 0.393 e. The lowest BCUT2D eigenvalue weighted by molar-refractivity contribution is -0.174. The normalized spacial score (nSPS) is 49.8. The lowest BCUT2D eigenvalue weighted by atomic mass is 9.43. The maximum atomic E-state index is 11.4. The van der Waals surface area contributed by atoms with E-state index in [0.717, 1.165) is 44.4 Å². The molecule has 0 aromatic rings. The molecule has 3 nitrogen and oxygen atoms in total. The van der Waals surface area contributed by atoms with Crippen LogP contribution in [0.2, 0.25) is 0 Å². The Bertz CT molecular complexity index is 612. The number of fused-ring (bicyclic) bond motifs is 5. The first-order valence-corrected chi connectivity index (χ1v) is 13.0. The molecule has 4 aliphatic rings. The average molecular weight is 421 g/mol. The summed E-state index contributed by atoms with van der Waals surface area (Å²) >= 11 is 0. The number of hydrogen-bond acceptors (Lipinski definition) is 3. The van der Waals surface area contributed by atoms with Gasteiger partial charge in [0.05, 0.1) is 17.8 Å². The van der Waals surface area contributed by atoms with Gasteiger partial charge in [0.15, 0.2) is 0 Å². The van der Waals surface area contributed by atoms with Gasteiger partial charge in [-0.1, -0.05) is 33.6 Å². The van der Waals surface area contributed by atoms with Crippen molar-refractivity contribution in [3.63, 3.8) is 0 Å². The van der Waals surface area contributed by atoms with Crippen LogP contribution in [-0.4, -0.2) is 33.1 Å². The van der Waals surface area contributed by atoms with Gasteiger partial charge in [-0.15, -0.1) is 0 Å². The summed E-state index contributed by atoms with van der Waals surface area (Å²) in [6, 6.07) is 0. The van der Waals surface area contributed by atoms with E-state index in [0.29, 0.717) is 40.4 Å². The molecule has 3 unspecified atom stereocenters. The summed E-state index contributed by atoms with van der Waals surface area (Å²) in [4.78, 5) is 0. The molecular weight excluding hydrogens is 372 g/mol. The number of aliphatic hydroxyl groups is 3. The van der Waals surface area contributed by atoms with Crippen molar-refractivity contribution in [1.29, 1.82) is 0 Å². The molecule has 30 heavy (non-hydrogen) atoms. The Morgan fingerprint density at radius 2 is 1.60 bits per heavy atom. The van der Waals surface area contributed by atoms with Gasteiger partial charge in [0.2, 0.25) is 0 Å². The van der Waals surface area contributed by atoms with E-state index in [4.69, 9.17) is 0 Å². The molecule has 3 N–H and O–H groups in total. The van der Waals surface area contributed by atoms with Crippen LogP contribution in [0.4, 0.5) is 0 Å². The monoisotopic (exact) mass is 420 g/mol. The predicted molar refractivity (Wildman–Crippen MR) is 122 cm³/mol. The summed E-state index contributed by atoms with van der Waals surface area (Å²) in [6.45, 7) is 11.4. The van der Waals surface area contributed by atoms with Crippen molar-refractivity contribution in [2.24, 2.45) is 46.3 Å². The van der Waals surface area contributed by atoms with Crippen LogP contribution in [-0.2, 0) is 0 Å². The molecule has 0 aromatic carbocycles. The van der Waals surface area contributed by atoms with Crippen molar-refractivity contribution in [1.82, 2.24) is 0 Å². The van der Waals surface area contributed by atoms with E-state index in [1.165, 1.54) is 32.1 Å². The number of rotatable bonds is 5. The van der Waals surface area contributed by atoms with Crippen LogP contribution in [0.15, 0.2) is 0 Å². The van der Waals surface area contributed by atoms with Gasteiger partial charge in [-0.25, -0.2) is 0 Å². The molecule has 4 aliphatic carbocycles. The standard InChI is InChI=1S/C27H48O3/c1-17(7-6-12-25(2,3)30)20-8-9-21-24-22(11-14-27(20,21)5)26(4)13-10-19(28)15-18(26)16-23(24)29/h17-24,28-30H,6-16H2,1-5H3/t17-,18?,19?,20-,21+,22+,23?,24+,26+,27-/m1/s1. The van der Waals surface area contributed by atoms with Gasteiger partial charge >= 0.3 is 0 Å². The zero-order valence-electron chi connectivity index (χ0n) is 20.2. The molecule has 0 amide bonds.